The van der Waals surface area contributed by atoms with E-state index in [2.05, 4.69) is 164 Å². The Balaban J connectivity index is 1.17. The molecule has 0 N–H and O–H groups in total. The molecule has 0 saturated heterocycles. The van der Waals surface area contributed by atoms with E-state index in [1.54, 1.807) is 0 Å². The van der Waals surface area contributed by atoms with Crippen LogP contribution in [0.15, 0.2) is 182 Å². The van der Waals surface area contributed by atoms with Gasteiger partial charge in [-0.3, -0.25) is 0 Å². The smallest absolute Gasteiger partial charge is 0.160 e. The average molecular weight is 611 g/mol. The SMILES string of the molecule is c1ccc(-c2cccc(-c3ccnc(-c4ccccc4-c4ccccc4-c4ccc5c6ccccc6c6ccccc6c5c4)n3)c2)cc1. The third-order valence-corrected chi connectivity index (χ3v) is 9.36. The highest BCUT2D eigenvalue weighted by Gasteiger charge is 2.16. The van der Waals surface area contributed by atoms with Crippen LogP contribution in [-0.4, -0.2) is 9.97 Å². The van der Waals surface area contributed by atoms with Gasteiger partial charge in [-0.25, -0.2) is 9.97 Å². The van der Waals surface area contributed by atoms with E-state index in [1.807, 2.05) is 18.3 Å². The van der Waals surface area contributed by atoms with Gasteiger partial charge in [0.15, 0.2) is 5.82 Å². The maximum absolute atomic E-state index is 5.13. The Labute approximate surface area is 279 Å². The second-order valence-corrected chi connectivity index (χ2v) is 12.2. The molecule has 48 heavy (non-hydrogen) atoms. The number of hydrogen-bond acceptors (Lipinski definition) is 2. The molecule has 9 rings (SSSR count). The molecule has 0 atom stereocenters. The first-order valence-electron chi connectivity index (χ1n) is 16.3. The van der Waals surface area contributed by atoms with Crippen molar-refractivity contribution in [3.63, 3.8) is 0 Å². The molecule has 0 radical (unpaired) electrons. The molecule has 0 unspecified atom stereocenters. The fourth-order valence-electron chi connectivity index (χ4n) is 7.10. The van der Waals surface area contributed by atoms with Crippen LogP contribution in [0.4, 0.5) is 0 Å². The fraction of sp³-hybridized carbons (Fsp3) is 0. The molecule has 224 valence electrons. The molecule has 0 aliphatic carbocycles. The zero-order valence-electron chi connectivity index (χ0n) is 26.2. The van der Waals surface area contributed by atoms with E-state index >= 15 is 0 Å². The number of rotatable bonds is 5. The summed E-state index contributed by atoms with van der Waals surface area (Å²) in [6, 6.07) is 62.6. The monoisotopic (exact) mass is 610 g/mol. The van der Waals surface area contributed by atoms with Crippen molar-refractivity contribution in [2.45, 2.75) is 0 Å². The van der Waals surface area contributed by atoms with Gasteiger partial charge in [-0.1, -0.05) is 158 Å². The number of nitrogens with zero attached hydrogens (tertiary/aromatic N) is 2. The number of fused-ring (bicyclic) bond motifs is 6. The Hall–Kier alpha value is -6.38. The maximum Gasteiger partial charge on any atom is 0.160 e. The Bertz CT molecular complexity index is 2580. The molecule has 0 spiro atoms. The van der Waals surface area contributed by atoms with E-state index in [9.17, 15) is 0 Å². The summed E-state index contributed by atoms with van der Waals surface area (Å²) in [5, 5.41) is 7.65. The van der Waals surface area contributed by atoms with Crippen molar-refractivity contribution >= 4 is 32.3 Å². The first kappa shape index (κ1) is 27.9. The molecule has 0 saturated carbocycles. The lowest BCUT2D eigenvalue weighted by molar-refractivity contribution is 1.18. The second-order valence-electron chi connectivity index (χ2n) is 12.2. The summed E-state index contributed by atoms with van der Waals surface area (Å²) >= 11 is 0. The van der Waals surface area contributed by atoms with Gasteiger partial charge in [-0.15, -0.1) is 0 Å². The summed E-state index contributed by atoms with van der Waals surface area (Å²) < 4.78 is 0. The molecule has 0 bridgehead atoms. The lowest BCUT2D eigenvalue weighted by Gasteiger charge is -2.16. The topological polar surface area (TPSA) is 25.8 Å². The van der Waals surface area contributed by atoms with Crippen LogP contribution in [0.1, 0.15) is 0 Å². The van der Waals surface area contributed by atoms with Gasteiger partial charge in [-0.05, 0) is 83.9 Å². The van der Waals surface area contributed by atoms with Crippen LogP contribution in [0.25, 0.3) is 88.3 Å². The third-order valence-electron chi connectivity index (χ3n) is 9.36. The van der Waals surface area contributed by atoms with E-state index in [-0.39, 0.29) is 0 Å². The fourth-order valence-corrected chi connectivity index (χ4v) is 7.10. The minimum atomic E-state index is 0.707. The van der Waals surface area contributed by atoms with Crippen LogP contribution in [-0.2, 0) is 0 Å². The van der Waals surface area contributed by atoms with Crippen LogP contribution in [0, 0.1) is 0 Å². The summed E-state index contributed by atoms with van der Waals surface area (Å²) in [7, 11) is 0. The summed E-state index contributed by atoms with van der Waals surface area (Å²) in [6.07, 6.45) is 1.87. The molecule has 0 fully saturated rings. The molecule has 1 aromatic heterocycles. The predicted molar refractivity (Wildman–Crippen MR) is 202 cm³/mol. The van der Waals surface area contributed by atoms with Gasteiger partial charge in [0, 0.05) is 17.3 Å². The van der Waals surface area contributed by atoms with Gasteiger partial charge in [0.2, 0.25) is 0 Å². The summed E-state index contributed by atoms with van der Waals surface area (Å²) in [5.74, 6) is 0.707. The number of aromatic nitrogens is 2. The molecule has 1 heterocycles. The van der Waals surface area contributed by atoms with Crippen molar-refractivity contribution < 1.29 is 0 Å². The molecular weight excluding hydrogens is 581 g/mol. The van der Waals surface area contributed by atoms with E-state index in [4.69, 9.17) is 9.97 Å². The Morgan fingerprint density at radius 1 is 0.292 bits per heavy atom. The van der Waals surface area contributed by atoms with Gasteiger partial charge in [0.05, 0.1) is 5.69 Å². The summed E-state index contributed by atoms with van der Waals surface area (Å²) in [6.45, 7) is 0. The molecule has 0 amide bonds. The standard InChI is InChI=1S/C46H30N2/c1-2-13-31(14-3-1)32-15-12-16-34(29-32)45-27-28-47-46(48-45)43-24-11-10-22-40(43)36-18-5-4-17-35(36)33-25-26-42-39-21-7-6-19-37(39)38-20-8-9-23-41(38)44(42)30-33/h1-30H. The molecule has 2 heteroatoms. The molecular formula is C46H30N2. The van der Waals surface area contributed by atoms with E-state index in [0.29, 0.717) is 5.82 Å². The molecule has 8 aromatic carbocycles. The lowest BCUT2D eigenvalue weighted by atomic mass is 9.88. The molecule has 2 nitrogen and oxygen atoms in total. The van der Waals surface area contributed by atoms with E-state index in [1.165, 1.54) is 54.6 Å². The van der Waals surface area contributed by atoms with Crippen molar-refractivity contribution in [3.05, 3.63) is 182 Å². The third kappa shape index (κ3) is 4.83. The zero-order valence-corrected chi connectivity index (χ0v) is 26.2. The highest BCUT2D eigenvalue weighted by molar-refractivity contribution is 6.25. The van der Waals surface area contributed by atoms with Crippen molar-refractivity contribution in [3.8, 4) is 56.0 Å². The van der Waals surface area contributed by atoms with Crippen LogP contribution >= 0.6 is 0 Å². The normalized spacial score (nSPS) is 11.3. The molecule has 0 aliphatic rings. The number of benzene rings is 8. The summed E-state index contributed by atoms with van der Waals surface area (Å²) in [5.41, 5.74) is 9.93. The van der Waals surface area contributed by atoms with Crippen molar-refractivity contribution in [2.75, 3.05) is 0 Å². The largest absolute Gasteiger partial charge is 0.237 e. The first-order valence-corrected chi connectivity index (χ1v) is 16.3. The van der Waals surface area contributed by atoms with E-state index < -0.39 is 0 Å². The van der Waals surface area contributed by atoms with E-state index in [0.717, 1.165) is 27.9 Å². The molecule has 9 aromatic rings. The predicted octanol–water partition coefficient (Wildman–Crippen LogP) is 12.3. The second kappa shape index (κ2) is 11.8. The van der Waals surface area contributed by atoms with Crippen LogP contribution in [0.3, 0.4) is 0 Å². The molecule has 0 aliphatic heterocycles. The zero-order chi connectivity index (χ0) is 31.9. The first-order chi connectivity index (χ1) is 23.8. The van der Waals surface area contributed by atoms with Crippen molar-refractivity contribution in [2.24, 2.45) is 0 Å². The number of hydrogen-bond donors (Lipinski definition) is 0. The van der Waals surface area contributed by atoms with Crippen molar-refractivity contribution in [1.29, 1.82) is 0 Å². The Kier molecular flexibility index (Phi) is 6.84. The minimum absolute atomic E-state index is 0.707. The maximum atomic E-state index is 5.13. The quantitative estimate of drug-likeness (QED) is 0.181. The highest BCUT2D eigenvalue weighted by atomic mass is 14.9. The van der Waals surface area contributed by atoms with Crippen LogP contribution < -0.4 is 0 Å². The van der Waals surface area contributed by atoms with Crippen molar-refractivity contribution in [1.82, 2.24) is 9.97 Å². The Morgan fingerprint density at radius 3 is 1.52 bits per heavy atom. The Morgan fingerprint density at radius 2 is 0.812 bits per heavy atom. The van der Waals surface area contributed by atoms with Crippen LogP contribution in [0.2, 0.25) is 0 Å². The summed E-state index contributed by atoms with van der Waals surface area (Å²) in [4.78, 5) is 9.93. The lowest BCUT2D eigenvalue weighted by Crippen LogP contribution is -1.95. The van der Waals surface area contributed by atoms with Gasteiger partial charge in [-0.2, -0.15) is 0 Å². The van der Waals surface area contributed by atoms with Gasteiger partial charge in [0.25, 0.3) is 0 Å². The van der Waals surface area contributed by atoms with Gasteiger partial charge < -0.3 is 0 Å². The minimum Gasteiger partial charge on any atom is -0.237 e. The highest BCUT2D eigenvalue weighted by Crippen LogP contribution is 2.41. The van der Waals surface area contributed by atoms with Crippen LogP contribution in [0.5, 0.6) is 0 Å². The van der Waals surface area contributed by atoms with Gasteiger partial charge >= 0.3 is 0 Å². The average Bonchev–Trinajstić information content (AvgIpc) is 3.18. The van der Waals surface area contributed by atoms with Gasteiger partial charge in [0.1, 0.15) is 0 Å².